The maximum absolute atomic E-state index is 13.0. The van der Waals surface area contributed by atoms with Crippen LogP contribution in [0.4, 0.5) is 0 Å². The van der Waals surface area contributed by atoms with Gasteiger partial charge in [0.05, 0.1) is 16.7 Å². The number of hydrogen-bond donors (Lipinski definition) is 1. The average molecular weight is 437 g/mol. The predicted molar refractivity (Wildman–Crippen MR) is 116 cm³/mol. The summed E-state index contributed by atoms with van der Waals surface area (Å²) in [5.41, 5.74) is 0.815. The van der Waals surface area contributed by atoms with Crippen molar-refractivity contribution in [2.24, 2.45) is 0 Å². The third-order valence-electron chi connectivity index (χ3n) is 4.52. The van der Waals surface area contributed by atoms with Crippen LogP contribution < -0.4 is 10.1 Å². The molecule has 0 aliphatic rings. The molecular weight excluding hydrogens is 411 g/mol. The summed E-state index contributed by atoms with van der Waals surface area (Å²) < 4.78 is 5.66. The van der Waals surface area contributed by atoms with Crippen LogP contribution in [0, 0.1) is 0 Å². The van der Waals surface area contributed by atoms with E-state index in [-0.39, 0.29) is 24.8 Å². The van der Waals surface area contributed by atoms with Crippen LogP contribution in [0.3, 0.4) is 0 Å². The quantitative estimate of drug-likeness (QED) is 0.548. The molecule has 1 unspecified atom stereocenters. The largest absolute Gasteiger partial charge is 0.494 e. The molecule has 2 amide bonds. The van der Waals surface area contributed by atoms with Crippen molar-refractivity contribution < 1.29 is 14.3 Å². The van der Waals surface area contributed by atoms with Crippen LogP contribution in [0.5, 0.6) is 5.75 Å². The molecule has 1 atom stereocenters. The maximum atomic E-state index is 13.0. The highest BCUT2D eigenvalue weighted by Crippen LogP contribution is 2.24. The zero-order valence-electron chi connectivity index (χ0n) is 16.7. The standard InChI is InChI=1S/C22H26Cl2N2O3/c1-3-20(22(28)25-2)26(15-16-11-12-18(23)19(24)14-16)21(27)10-7-13-29-17-8-5-4-6-9-17/h4-6,8-9,11-12,14,20H,3,7,10,13,15H2,1-2H3,(H,25,28). The van der Waals surface area contributed by atoms with Gasteiger partial charge in [-0.15, -0.1) is 0 Å². The fourth-order valence-electron chi connectivity index (χ4n) is 2.99. The molecule has 29 heavy (non-hydrogen) atoms. The summed E-state index contributed by atoms with van der Waals surface area (Å²) in [6.45, 7) is 2.59. The number of halogens is 2. The van der Waals surface area contributed by atoms with Gasteiger partial charge in [-0.1, -0.05) is 54.4 Å². The molecule has 1 N–H and O–H groups in total. The molecule has 0 aliphatic carbocycles. The summed E-state index contributed by atoms with van der Waals surface area (Å²) in [4.78, 5) is 26.9. The fraction of sp³-hybridized carbons (Fsp3) is 0.364. The Morgan fingerprint density at radius 3 is 2.45 bits per heavy atom. The Morgan fingerprint density at radius 2 is 1.83 bits per heavy atom. The van der Waals surface area contributed by atoms with E-state index in [1.54, 1.807) is 24.1 Å². The predicted octanol–water partition coefficient (Wildman–Crippen LogP) is 4.71. The van der Waals surface area contributed by atoms with Crippen LogP contribution in [-0.2, 0) is 16.1 Å². The molecule has 0 bridgehead atoms. The van der Waals surface area contributed by atoms with E-state index in [9.17, 15) is 9.59 Å². The van der Waals surface area contributed by atoms with Crippen LogP contribution in [0.25, 0.3) is 0 Å². The molecule has 0 saturated heterocycles. The number of amides is 2. The molecule has 0 saturated carbocycles. The molecule has 0 aliphatic heterocycles. The molecular formula is C22H26Cl2N2O3. The lowest BCUT2D eigenvalue weighted by Crippen LogP contribution is -2.48. The summed E-state index contributed by atoms with van der Waals surface area (Å²) >= 11 is 12.1. The van der Waals surface area contributed by atoms with Gasteiger partial charge in [0.15, 0.2) is 0 Å². The second kappa shape index (κ2) is 11.7. The zero-order chi connectivity index (χ0) is 21.2. The number of carbonyl (C=O) groups is 2. The third kappa shape index (κ3) is 6.94. The molecule has 5 nitrogen and oxygen atoms in total. The van der Waals surface area contributed by atoms with Crippen molar-refractivity contribution in [3.05, 3.63) is 64.1 Å². The Balaban J connectivity index is 2.05. The molecule has 2 aromatic rings. The monoisotopic (exact) mass is 436 g/mol. The first-order valence-corrected chi connectivity index (χ1v) is 10.3. The first-order chi connectivity index (χ1) is 14.0. The summed E-state index contributed by atoms with van der Waals surface area (Å²) in [7, 11) is 1.57. The highest BCUT2D eigenvalue weighted by molar-refractivity contribution is 6.42. The lowest BCUT2D eigenvalue weighted by molar-refractivity contribution is -0.141. The molecule has 7 heteroatoms. The van der Waals surface area contributed by atoms with E-state index in [1.807, 2.05) is 43.3 Å². The van der Waals surface area contributed by atoms with Crippen LogP contribution in [0.15, 0.2) is 48.5 Å². The van der Waals surface area contributed by atoms with Gasteiger partial charge in [-0.3, -0.25) is 9.59 Å². The molecule has 0 aromatic heterocycles. The Bertz CT molecular complexity index is 815. The van der Waals surface area contributed by atoms with E-state index in [2.05, 4.69) is 5.32 Å². The van der Waals surface area contributed by atoms with Gasteiger partial charge in [-0.25, -0.2) is 0 Å². The normalized spacial score (nSPS) is 11.6. The van der Waals surface area contributed by atoms with Crippen LogP contribution in [0.1, 0.15) is 31.7 Å². The Labute approximate surface area is 181 Å². The number of nitrogens with zero attached hydrogens (tertiary/aromatic N) is 1. The van der Waals surface area contributed by atoms with E-state index < -0.39 is 6.04 Å². The fourth-order valence-corrected chi connectivity index (χ4v) is 3.32. The second-order valence-corrected chi connectivity index (χ2v) is 7.39. The van der Waals surface area contributed by atoms with Crippen LogP contribution >= 0.6 is 23.2 Å². The molecule has 2 aromatic carbocycles. The van der Waals surface area contributed by atoms with Gasteiger partial charge in [0, 0.05) is 20.0 Å². The first-order valence-electron chi connectivity index (χ1n) is 9.59. The minimum Gasteiger partial charge on any atom is -0.494 e. The highest BCUT2D eigenvalue weighted by atomic mass is 35.5. The lowest BCUT2D eigenvalue weighted by Gasteiger charge is -2.30. The number of ether oxygens (including phenoxy) is 1. The van der Waals surface area contributed by atoms with Gasteiger partial charge >= 0.3 is 0 Å². The van der Waals surface area contributed by atoms with Gasteiger partial charge in [-0.05, 0) is 42.7 Å². The van der Waals surface area contributed by atoms with E-state index in [0.29, 0.717) is 29.5 Å². The average Bonchev–Trinajstić information content (AvgIpc) is 2.74. The molecule has 0 spiro atoms. The van der Waals surface area contributed by atoms with Crippen molar-refractivity contribution >= 4 is 35.0 Å². The molecule has 0 heterocycles. The topological polar surface area (TPSA) is 58.6 Å². The number of carbonyl (C=O) groups excluding carboxylic acids is 2. The van der Waals surface area contributed by atoms with E-state index in [0.717, 1.165) is 11.3 Å². The number of nitrogens with one attached hydrogen (secondary N) is 1. The summed E-state index contributed by atoms with van der Waals surface area (Å²) in [6.07, 6.45) is 1.34. The number of likely N-dealkylation sites (N-methyl/N-ethyl adjacent to an activating group) is 1. The van der Waals surface area contributed by atoms with Crippen molar-refractivity contribution in [1.82, 2.24) is 10.2 Å². The summed E-state index contributed by atoms with van der Waals surface area (Å²) in [6, 6.07) is 14.1. The SMILES string of the molecule is CCC(C(=O)NC)N(Cc1ccc(Cl)c(Cl)c1)C(=O)CCCOc1ccccc1. The third-order valence-corrected chi connectivity index (χ3v) is 5.26. The minimum absolute atomic E-state index is 0.108. The number of para-hydroxylation sites is 1. The highest BCUT2D eigenvalue weighted by Gasteiger charge is 2.27. The number of benzene rings is 2. The van der Waals surface area contributed by atoms with Crippen LogP contribution in [0.2, 0.25) is 10.0 Å². The van der Waals surface area contributed by atoms with E-state index in [4.69, 9.17) is 27.9 Å². The maximum Gasteiger partial charge on any atom is 0.242 e. The molecule has 156 valence electrons. The smallest absolute Gasteiger partial charge is 0.242 e. The first kappa shape index (κ1) is 23.0. The number of hydrogen-bond acceptors (Lipinski definition) is 3. The minimum atomic E-state index is -0.558. The van der Waals surface area contributed by atoms with Gasteiger partial charge in [0.25, 0.3) is 0 Å². The van der Waals surface area contributed by atoms with Crippen molar-refractivity contribution in [2.45, 2.75) is 38.8 Å². The van der Waals surface area contributed by atoms with Crippen molar-refractivity contribution in [2.75, 3.05) is 13.7 Å². The van der Waals surface area contributed by atoms with Crippen molar-refractivity contribution in [3.63, 3.8) is 0 Å². The van der Waals surface area contributed by atoms with Gasteiger partial charge in [-0.2, -0.15) is 0 Å². The van der Waals surface area contributed by atoms with Crippen molar-refractivity contribution in [3.8, 4) is 5.75 Å². The van der Waals surface area contributed by atoms with E-state index >= 15 is 0 Å². The Kier molecular flexibility index (Phi) is 9.29. The number of rotatable bonds is 10. The Hall–Kier alpha value is -2.24. The molecule has 2 rings (SSSR count). The summed E-state index contributed by atoms with van der Waals surface area (Å²) in [5.74, 6) is 0.467. The van der Waals surface area contributed by atoms with Gasteiger partial charge in [0.1, 0.15) is 11.8 Å². The summed E-state index contributed by atoms with van der Waals surface area (Å²) in [5, 5.41) is 3.51. The molecule has 0 fully saturated rings. The second-order valence-electron chi connectivity index (χ2n) is 6.57. The van der Waals surface area contributed by atoms with Crippen molar-refractivity contribution in [1.29, 1.82) is 0 Å². The Morgan fingerprint density at radius 1 is 1.10 bits per heavy atom. The van der Waals surface area contributed by atoms with E-state index in [1.165, 1.54) is 0 Å². The lowest BCUT2D eigenvalue weighted by atomic mass is 10.1. The van der Waals surface area contributed by atoms with Crippen LogP contribution in [-0.4, -0.2) is 36.4 Å². The molecule has 0 radical (unpaired) electrons. The zero-order valence-corrected chi connectivity index (χ0v) is 18.2. The van der Waals surface area contributed by atoms with Gasteiger partial charge < -0.3 is 15.0 Å². The van der Waals surface area contributed by atoms with Gasteiger partial charge in [0.2, 0.25) is 11.8 Å².